The number of aliphatic imine (C=N–C) groups is 1. The van der Waals surface area contributed by atoms with Gasteiger partial charge in [0.05, 0.1) is 19.6 Å². The zero-order chi connectivity index (χ0) is 9.52. The molecular formula is C9H20Cl2N4. The second-order valence-electron chi connectivity index (χ2n) is 3.28. The topological polar surface area (TPSA) is 49.1 Å². The molecule has 1 aliphatic rings. The number of nitrogens with one attached hydrogen (secondary N) is 1. The summed E-state index contributed by atoms with van der Waals surface area (Å²) in [4.78, 5) is 4.34. The highest BCUT2D eigenvalue weighted by atomic mass is 35.5. The Hall–Kier alpha value is -0.350. The Labute approximate surface area is 104 Å². The maximum absolute atomic E-state index is 4.34. The van der Waals surface area contributed by atoms with Crippen LogP contribution < -0.4 is 5.32 Å². The number of hydrogen-bond acceptors (Lipinski definition) is 4. The fraction of sp³-hybridized carbons (Fsp3) is 0.889. The van der Waals surface area contributed by atoms with E-state index in [-0.39, 0.29) is 24.8 Å². The maximum Gasteiger partial charge on any atom is 0.101 e. The lowest BCUT2D eigenvalue weighted by molar-refractivity contribution is 0.707. The Bertz CT molecular complexity index is 206. The van der Waals surface area contributed by atoms with E-state index in [1.54, 1.807) is 0 Å². The number of nitrogens with zero attached hydrogens (tertiary/aromatic N) is 3. The molecule has 0 aromatic carbocycles. The summed E-state index contributed by atoms with van der Waals surface area (Å²) in [6.45, 7) is 7.71. The average Bonchev–Trinajstić information content (AvgIpc) is 2.65. The van der Waals surface area contributed by atoms with Crippen LogP contribution in [0.5, 0.6) is 0 Å². The zero-order valence-corrected chi connectivity index (χ0v) is 10.9. The third-order valence-corrected chi connectivity index (χ3v) is 1.95. The van der Waals surface area contributed by atoms with Gasteiger partial charge in [-0.15, -0.1) is 24.8 Å². The molecule has 1 N–H and O–H groups in total. The normalized spacial score (nSPS) is 16.3. The Balaban J connectivity index is 0. The van der Waals surface area contributed by atoms with Crippen molar-refractivity contribution in [1.29, 1.82) is 0 Å². The molecule has 0 radical (unpaired) electrons. The molecule has 1 unspecified atom stereocenters. The van der Waals surface area contributed by atoms with E-state index in [4.69, 9.17) is 0 Å². The van der Waals surface area contributed by atoms with Crippen LogP contribution in [-0.2, 0) is 0 Å². The third kappa shape index (κ3) is 6.68. The van der Waals surface area contributed by atoms with E-state index in [0.717, 1.165) is 38.4 Å². The molecular weight excluding hydrogens is 235 g/mol. The summed E-state index contributed by atoms with van der Waals surface area (Å²) in [6.07, 6.45) is 1.07. The number of rotatable bonds is 5. The van der Waals surface area contributed by atoms with Crippen LogP contribution in [0.1, 0.15) is 20.3 Å². The summed E-state index contributed by atoms with van der Waals surface area (Å²) in [5, 5.41) is 11.4. The Morgan fingerprint density at radius 1 is 1.40 bits per heavy atom. The van der Waals surface area contributed by atoms with Gasteiger partial charge >= 0.3 is 0 Å². The SMILES string of the molecule is CCCN=NCC(C)C1=NCCN1.Cl.Cl. The molecule has 6 heteroatoms. The minimum absolute atomic E-state index is 0. The van der Waals surface area contributed by atoms with Crippen LogP contribution in [0.2, 0.25) is 0 Å². The van der Waals surface area contributed by atoms with Crippen LogP contribution >= 0.6 is 24.8 Å². The van der Waals surface area contributed by atoms with Gasteiger partial charge in [-0.2, -0.15) is 10.2 Å². The van der Waals surface area contributed by atoms with Crippen molar-refractivity contribution in [1.82, 2.24) is 5.32 Å². The molecule has 0 aromatic rings. The van der Waals surface area contributed by atoms with Crippen LogP contribution in [0.3, 0.4) is 0 Å². The van der Waals surface area contributed by atoms with Gasteiger partial charge in [0.2, 0.25) is 0 Å². The highest BCUT2D eigenvalue weighted by Gasteiger charge is 2.12. The lowest BCUT2D eigenvalue weighted by Gasteiger charge is -2.07. The van der Waals surface area contributed by atoms with Crippen molar-refractivity contribution in [2.24, 2.45) is 21.1 Å². The molecule has 0 aromatic heterocycles. The molecule has 0 amide bonds. The van der Waals surface area contributed by atoms with Crippen LogP contribution in [-0.4, -0.2) is 32.0 Å². The van der Waals surface area contributed by atoms with Crippen molar-refractivity contribution >= 4 is 30.6 Å². The summed E-state index contributed by atoms with van der Waals surface area (Å²) in [5.41, 5.74) is 0. The average molecular weight is 255 g/mol. The second-order valence-corrected chi connectivity index (χ2v) is 3.28. The van der Waals surface area contributed by atoms with Crippen molar-refractivity contribution < 1.29 is 0 Å². The Morgan fingerprint density at radius 3 is 2.67 bits per heavy atom. The third-order valence-electron chi connectivity index (χ3n) is 1.95. The van der Waals surface area contributed by atoms with Crippen LogP contribution in [0, 0.1) is 5.92 Å². The van der Waals surface area contributed by atoms with Gasteiger partial charge in [0.1, 0.15) is 5.84 Å². The smallest absolute Gasteiger partial charge is 0.101 e. The second kappa shape index (κ2) is 10.2. The monoisotopic (exact) mass is 254 g/mol. The van der Waals surface area contributed by atoms with Gasteiger partial charge in [0.15, 0.2) is 0 Å². The number of halogens is 2. The minimum atomic E-state index is 0. The molecule has 1 heterocycles. The zero-order valence-electron chi connectivity index (χ0n) is 9.27. The standard InChI is InChI=1S/C9H18N4.2ClH/c1-3-4-12-13-7-8(2)9-10-5-6-11-9;;/h8H,3-7H2,1-2H3,(H,10,11);2*1H. The van der Waals surface area contributed by atoms with E-state index in [2.05, 4.69) is 34.4 Å². The first-order chi connectivity index (χ1) is 6.34. The summed E-state index contributed by atoms with van der Waals surface area (Å²) >= 11 is 0. The summed E-state index contributed by atoms with van der Waals surface area (Å²) in [6, 6.07) is 0. The molecule has 0 bridgehead atoms. The van der Waals surface area contributed by atoms with Gasteiger partial charge in [-0.3, -0.25) is 4.99 Å². The van der Waals surface area contributed by atoms with Crippen LogP contribution in [0.4, 0.5) is 0 Å². The largest absolute Gasteiger partial charge is 0.372 e. The predicted molar refractivity (Wildman–Crippen MR) is 68.8 cm³/mol. The van der Waals surface area contributed by atoms with Crippen molar-refractivity contribution in [3.05, 3.63) is 0 Å². The summed E-state index contributed by atoms with van der Waals surface area (Å²) in [5.74, 6) is 1.48. The van der Waals surface area contributed by atoms with Gasteiger partial charge in [-0.25, -0.2) is 0 Å². The molecule has 0 saturated carbocycles. The van der Waals surface area contributed by atoms with Crippen molar-refractivity contribution in [3.8, 4) is 0 Å². The molecule has 1 aliphatic heterocycles. The molecule has 15 heavy (non-hydrogen) atoms. The number of amidine groups is 1. The highest BCUT2D eigenvalue weighted by molar-refractivity contribution is 5.86. The van der Waals surface area contributed by atoms with E-state index in [0.29, 0.717) is 5.92 Å². The minimum Gasteiger partial charge on any atom is -0.372 e. The van der Waals surface area contributed by atoms with E-state index in [1.165, 1.54) is 0 Å². The Kier molecular flexibility index (Phi) is 11.6. The summed E-state index contributed by atoms with van der Waals surface area (Å²) in [7, 11) is 0. The predicted octanol–water partition coefficient (Wildman–Crippen LogP) is 2.33. The van der Waals surface area contributed by atoms with Crippen LogP contribution in [0.15, 0.2) is 15.2 Å². The van der Waals surface area contributed by atoms with E-state index >= 15 is 0 Å². The number of azo groups is 1. The highest BCUT2D eigenvalue weighted by Crippen LogP contribution is 2.01. The van der Waals surface area contributed by atoms with Gasteiger partial charge < -0.3 is 5.32 Å². The van der Waals surface area contributed by atoms with Gasteiger partial charge in [-0.1, -0.05) is 13.8 Å². The van der Waals surface area contributed by atoms with E-state index in [1.807, 2.05) is 0 Å². The first-order valence-electron chi connectivity index (χ1n) is 4.96. The fourth-order valence-corrected chi connectivity index (χ4v) is 1.18. The van der Waals surface area contributed by atoms with Crippen molar-refractivity contribution in [3.63, 3.8) is 0 Å². The Morgan fingerprint density at radius 2 is 2.13 bits per heavy atom. The molecule has 0 fully saturated rings. The molecule has 0 spiro atoms. The maximum atomic E-state index is 4.34. The fourth-order valence-electron chi connectivity index (χ4n) is 1.18. The molecule has 0 saturated heterocycles. The summed E-state index contributed by atoms with van der Waals surface area (Å²) < 4.78 is 0. The van der Waals surface area contributed by atoms with Gasteiger partial charge in [0.25, 0.3) is 0 Å². The first kappa shape index (κ1) is 17.1. The lowest BCUT2D eigenvalue weighted by atomic mass is 10.1. The molecule has 90 valence electrons. The van der Waals surface area contributed by atoms with Gasteiger partial charge in [-0.05, 0) is 6.42 Å². The van der Waals surface area contributed by atoms with Crippen LogP contribution in [0.25, 0.3) is 0 Å². The van der Waals surface area contributed by atoms with Crippen molar-refractivity contribution in [2.75, 3.05) is 26.2 Å². The lowest BCUT2D eigenvalue weighted by Crippen LogP contribution is -2.26. The quantitative estimate of drug-likeness (QED) is 0.753. The molecule has 1 rings (SSSR count). The molecule has 0 aliphatic carbocycles. The van der Waals surface area contributed by atoms with E-state index in [9.17, 15) is 0 Å². The van der Waals surface area contributed by atoms with E-state index < -0.39 is 0 Å². The van der Waals surface area contributed by atoms with Gasteiger partial charge in [0, 0.05) is 12.5 Å². The van der Waals surface area contributed by atoms with Crippen molar-refractivity contribution in [2.45, 2.75) is 20.3 Å². The molecule has 1 atom stereocenters. The first-order valence-corrected chi connectivity index (χ1v) is 4.96. The molecule has 4 nitrogen and oxygen atoms in total. The number of hydrogen-bond donors (Lipinski definition) is 1.